The molecule has 3 aromatic carbocycles. The van der Waals surface area contributed by atoms with Gasteiger partial charge >= 0.3 is 0 Å². The highest BCUT2D eigenvalue weighted by Gasteiger charge is 2.39. The predicted molar refractivity (Wildman–Crippen MR) is 197 cm³/mol. The van der Waals surface area contributed by atoms with E-state index in [1.54, 1.807) is 7.11 Å². The number of nitrogens with zero attached hydrogens (tertiary/aromatic N) is 2. The molecule has 0 unspecified atom stereocenters. The molecule has 11 nitrogen and oxygen atoms in total. The SMILES string of the molecule is COc1cccc(CN2CCC3(CC2)CC(=O)NCC[C@H]2CN(C(=O)COc4ccccc4)CC[C@H]2CC(=O)NCc2ccccc2CC(=O)N3)c1. The molecule has 0 aromatic heterocycles. The van der Waals surface area contributed by atoms with E-state index in [0.29, 0.717) is 64.0 Å². The van der Waals surface area contributed by atoms with Crippen LogP contribution in [0.5, 0.6) is 11.5 Å². The Morgan fingerprint density at radius 1 is 0.808 bits per heavy atom. The van der Waals surface area contributed by atoms with E-state index in [-0.39, 0.29) is 54.9 Å². The van der Waals surface area contributed by atoms with Crippen LogP contribution in [0.15, 0.2) is 78.9 Å². The minimum absolute atomic E-state index is 0.0250. The highest BCUT2D eigenvalue weighted by Crippen LogP contribution is 2.31. The molecule has 2 fully saturated rings. The van der Waals surface area contributed by atoms with Gasteiger partial charge in [-0.2, -0.15) is 0 Å². The highest BCUT2D eigenvalue weighted by atomic mass is 16.5. The maximum Gasteiger partial charge on any atom is 0.260 e. The summed E-state index contributed by atoms with van der Waals surface area (Å²) in [5, 5.41) is 9.53. The largest absolute Gasteiger partial charge is 0.497 e. The summed E-state index contributed by atoms with van der Waals surface area (Å²) in [6, 6.07) is 25.0. The van der Waals surface area contributed by atoms with Crippen LogP contribution in [0.3, 0.4) is 0 Å². The van der Waals surface area contributed by atoms with Gasteiger partial charge in [0.15, 0.2) is 6.61 Å². The molecule has 3 aromatic rings. The first-order valence-corrected chi connectivity index (χ1v) is 18.5. The Kier molecular flexibility index (Phi) is 12.4. The number of carbonyl (C=O) groups is 4. The summed E-state index contributed by atoms with van der Waals surface area (Å²) in [7, 11) is 1.66. The standard InChI is InChI=1S/C41H51N5O6/c1-51-36-13-7-8-30(22-36)27-45-20-16-41(17-21-45)25-39(49)42-18-14-34-28-46(40(50)29-52-35-11-3-2-4-12-35)19-15-32(34)23-37(47)43-26-33-10-6-5-9-31(33)24-38(48)44-41/h2-13,22,32,34H,14-21,23-29H2,1H3,(H,42,49)(H,43,47)(H,44,48)/t32-,34-/m0/s1. The second-order valence-electron chi connectivity index (χ2n) is 14.4. The van der Waals surface area contributed by atoms with Crippen LogP contribution >= 0.6 is 0 Å². The molecule has 4 amide bonds. The zero-order chi connectivity index (χ0) is 36.3. The Morgan fingerprint density at radius 2 is 1.56 bits per heavy atom. The Balaban J connectivity index is 1.15. The maximum atomic E-state index is 13.7. The number of rotatable bonds is 6. The van der Waals surface area contributed by atoms with Crippen molar-refractivity contribution < 1.29 is 28.7 Å². The number of hydrogen-bond donors (Lipinski definition) is 3. The third kappa shape index (κ3) is 10.1. The molecule has 0 aliphatic carbocycles. The summed E-state index contributed by atoms with van der Waals surface area (Å²) in [5.74, 6) is 1.15. The molecular formula is C41H51N5O6. The van der Waals surface area contributed by atoms with Gasteiger partial charge in [-0.05, 0) is 78.5 Å². The van der Waals surface area contributed by atoms with Gasteiger partial charge in [-0.3, -0.25) is 24.1 Å². The first-order chi connectivity index (χ1) is 25.3. The van der Waals surface area contributed by atoms with Gasteiger partial charge < -0.3 is 30.3 Å². The predicted octanol–water partition coefficient (Wildman–Crippen LogP) is 3.85. The van der Waals surface area contributed by atoms with E-state index in [1.165, 1.54) is 0 Å². The fourth-order valence-corrected chi connectivity index (χ4v) is 7.86. The third-order valence-electron chi connectivity index (χ3n) is 10.8. The Labute approximate surface area is 306 Å². The monoisotopic (exact) mass is 709 g/mol. The number of ether oxygens (including phenoxy) is 2. The highest BCUT2D eigenvalue weighted by molar-refractivity contribution is 5.83. The summed E-state index contributed by atoms with van der Waals surface area (Å²) >= 11 is 0. The van der Waals surface area contributed by atoms with Crippen molar-refractivity contribution in [2.24, 2.45) is 11.8 Å². The molecule has 0 saturated carbocycles. The van der Waals surface area contributed by atoms with Gasteiger partial charge in [0.25, 0.3) is 5.91 Å². The topological polar surface area (TPSA) is 129 Å². The third-order valence-corrected chi connectivity index (χ3v) is 10.8. The molecule has 2 atom stereocenters. The number of methoxy groups -OCH3 is 1. The molecule has 3 aliphatic heterocycles. The van der Waals surface area contributed by atoms with E-state index in [4.69, 9.17) is 9.47 Å². The van der Waals surface area contributed by atoms with Crippen molar-refractivity contribution in [3.63, 3.8) is 0 Å². The number of likely N-dealkylation sites (tertiary alicyclic amines) is 2. The lowest BCUT2D eigenvalue weighted by molar-refractivity contribution is -0.136. The van der Waals surface area contributed by atoms with E-state index in [2.05, 4.69) is 26.9 Å². The van der Waals surface area contributed by atoms with Crippen molar-refractivity contribution >= 4 is 23.6 Å². The minimum atomic E-state index is -0.682. The van der Waals surface area contributed by atoms with Gasteiger partial charge in [-0.1, -0.05) is 54.6 Å². The van der Waals surface area contributed by atoms with Crippen LogP contribution in [0.1, 0.15) is 55.2 Å². The molecule has 3 aliphatic rings. The van der Waals surface area contributed by atoms with E-state index < -0.39 is 5.54 Å². The minimum Gasteiger partial charge on any atom is -0.497 e. The molecule has 11 heteroatoms. The molecule has 52 heavy (non-hydrogen) atoms. The first-order valence-electron chi connectivity index (χ1n) is 18.5. The van der Waals surface area contributed by atoms with Crippen molar-refractivity contribution in [3.8, 4) is 11.5 Å². The quantitative estimate of drug-likeness (QED) is 0.355. The average molecular weight is 710 g/mol. The summed E-state index contributed by atoms with van der Waals surface area (Å²) in [5.41, 5.74) is 2.21. The van der Waals surface area contributed by atoms with Crippen LogP contribution in [0, 0.1) is 11.8 Å². The normalized spacial score (nSPS) is 21.8. The number of benzene rings is 3. The van der Waals surface area contributed by atoms with Gasteiger partial charge in [0.05, 0.1) is 19.1 Å². The van der Waals surface area contributed by atoms with E-state index in [1.807, 2.05) is 77.7 Å². The number of carbonyl (C=O) groups excluding carboxylic acids is 4. The zero-order valence-electron chi connectivity index (χ0n) is 30.1. The van der Waals surface area contributed by atoms with Crippen LogP contribution in [0.4, 0.5) is 0 Å². The number of piperidine rings is 2. The second kappa shape index (κ2) is 17.5. The zero-order valence-corrected chi connectivity index (χ0v) is 30.1. The number of amides is 4. The molecule has 0 radical (unpaired) electrons. The fraction of sp³-hybridized carbons (Fsp3) is 0.463. The van der Waals surface area contributed by atoms with Crippen molar-refractivity contribution in [2.45, 2.75) is 63.6 Å². The summed E-state index contributed by atoms with van der Waals surface area (Å²) in [6.07, 6.45) is 3.27. The van der Waals surface area contributed by atoms with E-state index in [0.717, 1.165) is 42.1 Å². The number of para-hydroxylation sites is 1. The first kappa shape index (κ1) is 36.9. The molecule has 6 rings (SSSR count). The van der Waals surface area contributed by atoms with E-state index in [9.17, 15) is 19.2 Å². The van der Waals surface area contributed by atoms with Crippen molar-refractivity contribution in [1.82, 2.24) is 25.8 Å². The van der Waals surface area contributed by atoms with E-state index >= 15 is 0 Å². The molecule has 3 heterocycles. The van der Waals surface area contributed by atoms with Gasteiger partial charge in [0.1, 0.15) is 11.5 Å². The lowest BCUT2D eigenvalue weighted by Crippen LogP contribution is -2.57. The second-order valence-corrected chi connectivity index (χ2v) is 14.4. The van der Waals surface area contributed by atoms with Crippen LogP contribution in [0.25, 0.3) is 0 Å². The van der Waals surface area contributed by atoms with Crippen LogP contribution in [-0.2, 0) is 38.7 Å². The Hall–Kier alpha value is -4.90. The van der Waals surface area contributed by atoms with Crippen molar-refractivity contribution in [3.05, 3.63) is 95.6 Å². The number of hydrogen-bond acceptors (Lipinski definition) is 7. The lowest BCUT2D eigenvalue weighted by atomic mass is 9.80. The van der Waals surface area contributed by atoms with Crippen molar-refractivity contribution in [1.29, 1.82) is 0 Å². The number of fused-ring (bicyclic) bond motifs is 2. The molecular weight excluding hydrogens is 658 g/mol. The van der Waals surface area contributed by atoms with Crippen LogP contribution < -0.4 is 25.4 Å². The van der Waals surface area contributed by atoms with Gasteiger partial charge in [-0.15, -0.1) is 0 Å². The molecule has 276 valence electrons. The maximum absolute atomic E-state index is 13.7. The lowest BCUT2D eigenvalue weighted by Gasteiger charge is -2.42. The summed E-state index contributed by atoms with van der Waals surface area (Å²) in [6.45, 7) is 3.95. The smallest absolute Gasteiger partial charge is 0.260 e. The van der Waals surface area contributed by atoms with Gasteiger partial charge in [0.2, 0.25) is 17.7 Å². The number of nitrogens with one attached hydrogen (secondary N) is 3. The van der Waals surface area contributed by atoms with Crippen LogP contribution in [-0.4, -0.2) is 85.4 Å². The molecule has 2 saturated heterocycles. The average Bonchev–Trinajstić information content (AvgIpc) is 3.15. The fourth-order valence-electron chi connectivity index (χ4n) is 7.86. The Bertz CT molecular complexity index is 1690. The molecule has 3 N–H and O–H groups in total. The van der Waals surface area contributed by atoms with Crippen molar-refractivity contribution in [2.75, 3.05) is 46.4 Å². The van der Waals surface area contributed by atoms with Crippen LogP contribution in [0.2, 0.25) is 0 Å². The summed E-state index contributed by atoms with van der Waals surface area (Å²) < 4.78 is 11.2. The Morgan fingerprint density at radius 3 is 2.35 bits per heavy atom. The molecule has 1 spiro atoms. The van der Waals surface area contributed by atoms with Gasteiger partial charge in [0, 0.05) is 58.7 Å². The molecule has 0 bridgehead atoms. The van der Waals surface area contributed by atoms with Gasteiger partial charge in [-0.25, -0.2) is 0 Å². The summed E-state index contributed by atoms with van der Waals surface area (Å²) in [4.78, 5) is 58.0.